The van der Waals surface area contributed by atoms with Gasteiger partial charge in [-0.05, 0) is 25.7 Å². The Balaban J connectivity index is 2.82. The second-order valence-corrected chi connectivity index (χ2v) is 4.87. The van der Waals surface area contributed by atoms with E-state index in [2.05, 4.69) is 0 Å². The van der Waals surface area contributed by atoms with Crippen molar-refractivity contribution in [2.75, 3.05) is 19.6 Å². The minimum absolute atomic E-state index is 0.0372. The number of carboxylic acids is 1. The number of urea groups is 1. The molecule has 106 valence electrons. The summed E-state index contributed by atoms with van der Waals surface area (Å²) in [6, 6.07) is 0.985. The van der Waals surface area contributed by atoms with E-state index in [4.69, 9.17) is 5.26 Å². The molecule has 1 aliphatic rings. The minimum atomic E-state index is -0.947. The van der Waals surface area contributed by atoms with Crippen molar-refractivity contribution < 1.29 is 14.7 Å². The van der Waals surface area contributed by atoms with Crippen LogP contribution in [0.5, 0.6) is 0 Å². The summed E-state index contributed by atoms with van der Waals surface area (Å²) in [5, 5.41) is 17.9. The second kappa shape index (κ2) is 6.98. The number of piperidine rings is 1. The van der Waals surface area contributed by atoms with Gasteiger partial charge in [0.05, 0.1) is 12.5 Å². The van der Waals surface area contributed by atoms with Crippen molar-refractivity contribution in [3.63, 3.8) is 0 Å². The van der Waals surface area contributed by atoms with Gasteiger partial charge in [-0.15, -0.1) is 0 Å². The molecule has 1 rings (SSSR count). The molecule has 0 aromatic heterocycles. The highest BCUT2D eigenvalue weighted by atomic mass is 16.4. The van der Waals surface area contributed by atoms with Gasteiger partial charge in [0.2, 0.25) is 0 Å². The maximum Gasteiger partial charge on any atom is 0.326 e. The maximum absolute atomic E-state index is 12.4. The van der Waals surface area contributed by atoms with Crippen LogP contribution in [0.25, 0.3) is 0 Å². The highest BCUT2D eigenvalue weighted by molar-refractivity contribution is 5.83. The van der Waals surface area contributed by atoms with E-state index in [9.17, 15) is 14.7 Å². The van der Waals surface area contributed by atoms with Crippen LogP contribution >= 0.6 is 0 Å². The fourth-order valence-electron chi connectivity index (χ4n) is 2.53. The zero-order valence-electron chi connectivity index (χ0n) is 11.5. The van der Waals surface area contributed by atoms with Crippen molar-refractivity contribution in [2.45, 2.75) is 39.2 Å². The number of carboxylic acid groups (broad SMARTS) is 1. The van der Waals surface area contributed by atoms with E-state index >= 15 is 0 Å². The summed E-state index contributed by atoms with van der Waals surface area (Å²) in [6.07, 6.45) is 1.91. The van der Waals surface area contributed by atoms with Crippen LogP contribution in [0.2, 0.25) is 0 Å². The number of carbonyl (C=O) groups is 2. The topological polar surface area (TPSA) is 84.6 Å². The van der Waals surface area contributed by atoms with Crippen molar-refractivity contribution in [3.8, 4) is 6.07 Å². The molecule has 0 bridgehead atoms. The molecule has 1 N–H and O–H groups in total. The van der Waals surface area contributed by atoms with E-state index in [0.29, 0.717) is 19.6 Å². The average Bonchev–Trinajstić information content (AvgIpc) is 2.38. The second-order valence-electron chi connectivity index (χ2n) is 4.87. The lowest BCUT2D eigenvalue weighted by Crippen LogP contribution is -2.56. The molecular weight excluding hydrogens is 246 g/mol. The number of carbonyl (C=O) groups excluding carboxylic acids is 1. The van der Waals surface area contributed by atoms with E-state index in [-0.39, 0.29) is 18.4 Å². The average molecular weight is 267 g/mol. The Bertz CT molecular complexity index is 378. The van der Waals surface area contributed by atoms with Crippen LogP contribution in [0.15, 0.2) is 0 Å². The fourth-order valence-corrected chi connectivity index (χ4v) is 2.53. The third kappa shape index (κ3) is 3.60. The van der Waals surface area contributed by atoms with E-state index in [0.717, 1.165) is 12.8 Å². The molecule has 2 amide bonds. The maximum atomic E-state index is 12.4. The van der Waals surface area contributed by atoms with Gasteiger partial charge in [-0.25, -0.2) is 9.59 Å². The fraction of sp³-hybridized carbons (Fsp3) is 0.769. The van der Waals surface area contributed by atoms with Gasteiger partial charge in [0, 0.05) is 19.6 Å². The molecule has 1 saturated heterocycles. The lowest BCUT2D eigenvalue weighted by atomic mass is 9.91. The molecule has 0 spiro atoms. The van der Waals surface area contributed by atoms with Gasteiger partial charge in [-0.1, -0.05) is 6.92 Å². The van der Waals surface area contributed by atoms with Gasteiger partial charge in [-0.2, -0.15) is 5.26 Å². The van der Waals surface area contributed by atoms with Crippen molar-refractivity contribution in [1.82, 2.24) is 9.80 Å². The Morgan fingerprint density at radius 2 is 2.21 bits per heavy atom. The van der Waals surface area contributed by atoms with E-state index in [1.54, 1.807) is 0 Å². The first-order valence-electron chi connectivity index (χ1n) is 6.68. The van der Waals surface area contributed by atoms with E-state index in [1.807, 2.05) is 19.9 Å². The summed E-state index contributed by atoms with van der Waals surface area (Å²) >= 11 is 0. The van der Waals surface area contributed by atoms with Gasteiger partial charge >= 0.3 is 12.0 Å². The summed E-state index contributed by atoms with van der Waals surface area (Å²) in [4.78, 5) is 26.7. The molecule has 6 nitrogen and oxygen atoms in total. The third-order valence-electron chi connectivity index (χ3n) is 3.58. The number of aliphatic carboxylic acids is 1. The van der Waals surface area contributed by atoms with Crippen molar-refractivity contribution >= 4 is 12.0 Å². The Kier molecular flexibility index (Phi) is 5.61. The molecule has 1 heterocycles. The highest BCUT2D eigenvalue weighted by Crippen LogP contribution is 2.24. The molecule has 1 fully saturated rings. The number of amides is 2. The molecule has 0 aromatic rings. The molecule has 19 heavy (non-hydrogen) atoms. The molecular formula is C13H21N3O3. The first-order valence-corrected chi connectivity index (χ1v) is 6.68. The Labute approximate surface area is 113 Å². The Morgan fingerprint density at radius 1 is 1.53 bits per heavy atom. The molecule has 0 aliphatic carbocycles. The number of rotatable bonds is 4. The van der Waals surface area contributed by atoms with Crippen molar-refractivity contribution in [1.29, 1.82) is 5.26 Å². The van der Waals surface area contributed by atoms with Crippen LogP contribution in [0, 0.1) is 17.2 Å². The zero-order valence-corrected chi connectivity index (χ0v) is 11.5. The largest absolute Gasteiger partial charge is 0.480 e. The highest BCUT2D eigenvalue weighted by Gasteiger charge is 2.38. The first kappa shape index (κ1) is 15.3. The van der Waals surface area contributed by atoms with Crippen molar-refractivity contribution in [3.05, 3.63) is 0 Å². The summed E-state index contributed by atoms with van der Waals surface area (Å²) in [5.74, 6) is -0.984. The quantitative estimate of drug-likeness (QED) is 0.837. The van der Waals surface area contributed by atoms with Crippen LogP contribution < -0.4 is 0 Å². The van der Waals surface area contributed by atoms with Gasteiger partial charge in [0.25, 0.3) is 0 Å². The first-order chi connectivity index (χ1) is 9.02. The standard InChI is InChI=1S/C13H21N3O3/c1-3-15(8-5-7-14)13(19)16-9-4-6-10(2)11(16)12(17)18/h10-11H,3-6,8-9H2,1-2H3,(H,17,18). The lowest BCUT2D eigenvalue weighted by Gasteiger charge is -2.39. The van der Waals surface area contributed by atoms with Crippen LogP contribution in [0.3, 0.4) is 0 Å². The molecule has 2 unspecified atom stereocenters. The summed E-state index contributed by atoms with van der Waals surface area (Å²) in [5.41, 5.74) is 0. The number of likely N-dealkylation sites (tertiary alicyclic amines) is 1. The van der Waals surface area contributed by atoms with Crippen LogP contribution in [0.1, 0.15) is 33.1 Å². The number of hydrogen-bond donors (Lipinski definition) is 1. The van der Waals surface area contributed by atoms with Gasteiger partial charge in [-0.3, -0.25) is 0 Å². The molecule has 6 heteroatoms. The molecule has 1 aliphatic heterocycles. The predicted molar refractivity (Wildman–Crippen MR) is 69.4 cm³/mol. The van der Waals surface area contributed by atoms with Crippen LogP contribution in [0.4, 0.5) is 4.79 Å². The molecule has 0 radical (unpaired) electrons. The Morgan fingerprint density at radius 3 is 2.74 bits per heavy atom. The van der Waals surface area contributed by atoms with Crippen LogP contribution in [-0.2, 0) is 4.79 Å². The van der Waals surface area contributed by atoms with Gasteiger partial charge < -0.3 is 14.9 Å². The van der Waals surface area contributed by atoms with Crippen LogP contribution in [-0.4, -0.2) is 52.6 Å². The summed E-state index contributed by atoms with van der Waals surface area (Å²) in [7, 11) is 0. The normalized spacial score (nSPS) is 22.7. The number of hydrogen-bond acceptors (Lipinski definition) is 3. The predicted octanol–water partition coefficient (Wildman–Crippen LogP) is 1.53. The zero-order chi connectivity index (χ0) is 14.4. The number of nitriles is 1. The monoisotopic (exact) mass is 267 g/mol. The minimum Gasteiger partial charge on any atom is -0.480 e. The van der Waals surface area contributed by atoms with E-state index < -0.39 is 12.0 Å². The SMILES string of the molecule is CCN(CCC#N)C(=O)N1CCCC(C)C1C(=O)O. The van der Waals surface area contributed by atoms with E-state index in [1.165, 1.54) is 9.80 Å². The number of nitrogens with zero attached hydrogens (tertiary/aromatic N) is 3. The molecule has 2 atom stereocenters. The summed E-state index contributed by atoms with van der Waals surface area (Å²) in [6.45, 7) is 5.01. The molecule has 0 saturated carbocycles. The Hall–Kier alpha value is -1.77. The van der Waals surface area contributed by atoms with Crippen molar-refractivity contribution in [2.24, 2.45) is 5.92 Å². The lowest BCUT2D eigenvalue weighted by molar-refractivity contribution is -0.145. The third-order valence-corrected chi connectivity index (χ3v) is 3.58. The molecule has 0 aromatic carbocycles. The summed E-state index contributed by atoms with van der Waals surface area (Å²) < 4.78 is 0. The van der Waals surface area contributed by atoms with Gasteiger partial charge in [0.1, 0.15) is 6.04 Å². The smallest absolute Gasteiger partial charge is 0.326 e. The van der Waals surface area contributed by atoms with Gasteiger partial charge in [0.15, 0.2) is 0 Å².